The van der Waals surface area contributed by atoms with Crippen molar-refractivity contribution in [3.8, 4) is 0 Å². The van der Waals surface area contributed by atoms with Crippen LogP contribution in [0.25, 0.3) is 0 Å². The molecule has 0 amide bonds. The van der Waals surface area contributed by atoms with Crippen LogP contribution in [0, 0.1) is 0 Å². The maximum Gasteiger partial charge on any atom is 0.174 e. The molecule has 0 unspecified atom stereocenters. The number of aromatic nitrogens is 2. The van der Waals surface area contributed by atoms with Gasteiger partial charge >= 0.3 is 0 Å². The maximum atomic E-state index is 3.94. The molecule has 1 rings (SSSR count). The van der Waals surface area contributed by atoms with E-state index < -0.39 is 0 Å². The molecule has 68 valence electrons. The lowest BCUT2D eigenvalue weighted by Crippen LogP contribution is -2.17. The van der Waals surface area contributed by atoms with Crippen molar-refractivity contribution in [1.82, 2.24) is 15.5 Å². The molecule has 0 spiro atoms. The molecule has 1 aromatic heterocycles. The van der Waals surface area contributed by atoms with Crippen molar-refractivity contribution in [2.24, 2.45) is 0 Å². The second-order valence-electron chi connectivity index (χ2n) is 2.30. The predicted octanol–water partition coefficient (Wildman–Crippen LogP) is 1.63. The summed E-state index contributed by atoms with van der Waals surface area (Å²) in [6.07, 6.45) is 1.20. The fraction of sp³-hybridized carbons (Fsp3) is 0.714. The van der Waals surface area contributed by atoms with Crippen molar-refractivity contribution < 1.29 is 0 Å². The monoisotopic (exact) mass is 203 g/mol. The second-order valence-corrected chi connectivity index (χ2v) is 4.48. The summed E-state index contributed by atoms with van der Waals surface area (Å²) in [6.45, 7) is 4.33. The van der Waals surface area contributed by atoms with Crippen molar-refractivity contribution >= 4 is 23.1 Å². The lowest BCUT2D eigenvalue weighted by atomic mass is 10.5. The molecule has 0 aliphatic carbocycles. The Bertz CT molecular complexity index is 189. The molecule has 0 radical (unpaired) electrons. The molecule has 0 aliphatic rings. The molecule has 1 aromatic rings. The van der Waals surface area contributed by atoms with E-state index in [1.54, 1.807) is 28.6 Å². The third-order valence-corrected chi connectivity index (χ3v) is 3.13. The van der Waals surface area contributed by atoms with Gasteiger partial charge in [-0.15, -0.1) is 10.2 Å². The molecule has 1 heterocycles. The Morgan fingerprint density at radius 1 is 1.58 bits per heavy atom. The van der Waals surface area contributed by atoms with Gasteiger partial charge in [-0.3, -0.25) is 0 Å². The summed E-state index contributed by atoms with van der Waals surface area (Å²) in [5.41, 5.74) is 1.77. The van der Waals surface area contributed by atoms with Gasteiger partial charge in [0.2, 0.25) is 0 Å². The Balaban J connectivity index is 1.96. The van der Waals surface area contributed by atoms with Crippen molar-refractivity contribution in [3.05, 3.63) is 5.51 Å². The minimum Gasteiger partial charge on any atom is -0.316 e. The van der Waals surface area contributed by atoms with Crippen molar-refractivity contribution in [3.63, 3.8) is 0 Å². The quantitative estimate of drug-likeness (QED) is 0.563. The lowest BCUT2D eigenvalue weighted by Gasteiger charge is -1.99. The zero-order chi connectivity index (χ0) is 8.65. The summed E-state index contributed by atoms with van der Waals surface area (Å²) in [5, 5.41) is 11.0. The normalized spacial score (nSPS) is 10.4. The highest BCUT2D eigenvalue weighted by molar-refractivity contribution is 8.01. The van der Waals surface area contributed by atoms with E-state index in [-0.39, 0.29) is 0 Å². The number of thioether (sulfide) groups is 1. The first kappa shape index (κ1) is 9.95. The van der Waals surface area contributed by atoms with Crippen LogP contribution in [0.5, 0.6) is 0 Å². The number of nitrogens with zero attached hydrogens (tertiary/aromatic N) is 2. The SMILES string of the molecule is CCCNCCSc1nncs1. The van der Waals surface area contributed by atoms with Crippen LogP contribution in [0.3, 0.4) is 0 Å². The summed E-state index contributed by atoms with van der Waals surface area (Å²) in [5.74, 6) is 1.08. The van der Waals surface area contributed by atoms with Crippen molar-refractivity contribution in [2.45, 2.75) is 17.7 Å². The fourth-order valence-electron chi connectivity index (χ4n) is 0.738. The molecule has 0 fully saturated rings. The van der Waals surface area contributed by atoms with E-state index in [4.69, 9.17) is 0 Å². The van der Waals surface area contributed by atoms with E-state index in [0.29, 0.717) is 0 Å². The summed E-state index contributed by atoms with van der Waals surface area (Å²) in [6, 6.07) is 0. The van der Waals surface area contributed by atoms with E-state index in [2.05, 4.69) is 22.4 Å². The topological polar surface area (TPSA) is 37.8 Å². The second kappa shape index (κ2) is 6.39. The highest BCUT2D eigenvalue weighted by atomic mass is 32.2. The molecule has 1 N–H and O–H groups in total. The standard InChI is InChI=1S/C7H13N3S2/c1-2-3-8-4-5-11-7-10-9-6-12-7/h6,8H,2-5H2,1H3. The smallest absolute Gasteiger partial charge is 0.174 e. The third kappa shape index (κ3) is 4.04. The summed E-state index contributed by atoms with van der Waals surface area (Å²) in [7, 11) is 0. The highest BCUT2D eigenvalue weighted by Gasteiger charge is 1.95. The van der Waals surface area contributed by atoms with Gasteiger partial charge in [0.15, 0.2) is 4.34 Å². The number of hydrogen-bond donors (Lipinski definition) is 1. The largest absolute Gasteiger partial charge is 0.316 e. The van der Waals surface area contributed by atoms with Crippen LogP contribution in [-0.4, -0.2) is 29.0 Å². The van der Waals surface area contributed by atoms with Crippen LogP contribution in [0.1, 0.15) is 13.3 Å². The Labute approximate surface area is 81.0 Å². The van der Waals surface area contributed by atoms with Crippen LogP contribution in [-0.2, 0) is 0 Å². The molecule has 3 nitrogen and oxygen atoms in total. The van der Waals surface area contributed by atoms with Gasteiger partial charge < -0.3 is 5.32 Å². The van der Waals surface area contributed by atoms with Gasteiger partial charge in [-0.2, -0.15) is 0 Å². The van der Waals surface area contributed by atoms with Gasteiger partial charge in [0, 0.05) is 12.3 Å². The Morgan fingerprint density at radius 3 is 3.17 bits per heavy atom. The van der Waals surface area contributed by atoms with Gasteiger partial charge in [0.25, 0.3) is 0 Å². The maximum absolute atomic E-state index is 3.94. The molecular formula is C7H13N3S2. The molecule has 12 heavy (non-hydrogen) atoms. The molecule has 0 atom stereocenters. The Morgan fingerprint density at radius 2 is 2.50 bits per heavy atom. The molecule has 5 heteroatoms. The molecular weight excluding hydrogens is 190 g/mol. The van der Waals surface area contributed by atoms with Crippen molar-refractivity contribution in [2.75, 3.05) is 18.8 Å². The van der Waals surface area contributed by atoms with Crippen LogP contribution in [0.4, 0.5) is 0 Å². The number of rotatable bonds is 6. The summed E-state index contributed by atoms with van der Waals surface area (Å²) < 4.78 is 1.06. The first-order chi connectivity index (χ1) is 5.93. The minimum absolute atomic E-state index is 1.05. The average molecular weight is 203 g/mol. The van der Waals surface area contributed by atoms with E-state index in [9.17, 15) is 0 Å². The van der Waals surface area contributed by atoms with Gasteiger partial charge in [-0.25, -0.2) is 0 Å². The molecule has 0 aliphatic heterocycles. The summed E-state index contributed by atoms with van der Waals surface area (Å²) in [4.78, 5) is 0. The first-order valence-electron chi connectivity index (χ1n) is 4.03. The van der Waals surface area contributed by atoms with E-state index in [0.717, 1.165) is 23.2 Å². The predicted molar refractivity (Wildman–Crippen MR) is 53.8 cm³/mol. The van der Waals surface area contributed by atoms with Gasteiger partial charge in [0.1, 0.15) is 5.51 Å². The average Bonchev–Trinajstić information content (AvgIpc) is 2.57. The van der Waals surface area contributed by atoms with Gasteiger partial charge in [-0.05, 0) is 13.0 Å². The van der Waals surface area contributed by atoms with Crippen LogP contribution in [0.15, 0.2) is 9.85 Å². The Kier molecular flexibility index (Phi) is 5.30. The Hall–Kier alpha value is -0.130. The van der Waals surface area contributed by atoms with Crippen LogP contribution >= 0.6 is 23.1 Å². The third-order valence-electron chi connectivity index (χ3n) is 1.27. The molecule has 0 bridgehead atoms. The highest BCUT2D eigenvalue weighted by Crippen LogP contribution is 2.17. The van der Waals surface area contributed by atoms with E-state index in [1.807, 2.05) is 0 Å². The van der Waals surface area contributed by atoms with Crippen LogP contribution < -0.4 is 5.32 Å². The van der Waals surface area contributed by atoms with E-state index in [1.165, 1.54) is 6.42 Å². The zero-order valence-electron chi connectivity index (χ0n) is 7.12. The molecule has 0 aromatic carbocycles. The molecule has 0 saturated carbocycles. The first-order valence-corrected chi connectivity index (χ1v) is 5.89. The van der Waals surface area contributed by atoms with Gasteiger partial charge in [0.05, 0.1) is 0 Å². The lowest BCUT2D eigenvalue weighted by molar-refractivity contribution is 0.707. The van der Waals surface area contributed by atoms with E-state index >= 15 is 0 Å². The molecule has 0 saturated heterocycles. The van der Waals surface area contributed by atoms with Crippen molar-refractivity contribution in [1.29, 1.82) is 0 Å². The zero-order valence-corrected chi connectivity index (χ0v) is 8.75. The fourth-order valence-corrected chi connectivity index (χ4v) is 2.19. The number of hydrogen-bond acceptors (Lipinski definition) is 5. The number of nitrogens with one attached hydrogen (secondary N) is 1. The van der Waals surface area contributed by atoms with Gasteiger partial charge in [-0.1, -0.05) is 30.0 Å². The summed E-state index contributed by atoms with van der Waals surface area (Å²) >= 11 is 3.36. The van der Waals surface area contributed by atoms with Crippen LogP contribution in [0.2, 0.25) is 0 Å². The minimum atomic E-state index is 1.05.